The van der Waals surface area contributed by atoms with E-state index in [2.05, 4.69) is 21.8 Å². The Morgan fingerprint density at radius 1 is 1.13 bits per heavy atom. The number of ether oxygens (including phenoxy) is 2. The number of hydrogen-bond acceptors (Lipinski definition) is 11. The van der Waals surface area contributed by atoms with Gasteiger partial charge in [-0.1, -0.05) is 85.6 Å². The monoisotopic (exact) mass is 651 g/mol. The van der Waals surface area contributed by atoms with E-state index in [1.54, 1.807) is 18.2 Å². The second kappa shape index (κ2) is 16.2. The van der Waals surface area contributed by atoms with Crippen LogP contribution in [0.15, 0.2) is 77.9 Å². The number of hydrazine groups is 1. The zero-order chi connectivity index (χ0) is 33.1. The summed E-state index contributed by atoms with van der Waals surface area (Å²) in [6.07, 6.45) is 1.68. The maximum absolute atomic E-state index is 12.2. The fraction of sp³-hybridized carbons (Fsp3) is 0.258. The predicted octanol–water partition coefficient (Wildman–Crippen LogP) is 4.76. The van der Waals surface area contributed by atoms with Gasteiger partial charge in [-0.25, -0.2) is 15.6 Å². The van der Waals surface area contributed by atoms with Crippen LogP contribution in [0.2, 0.25) is 5.15 Å². The molecule has 3 aromatic carbocycles. The van der Waals surface area contributed by atoms with Gasteiger partial charge in [-0.15, -0.1) is 15.2 Å². The molecule has 5 N–H and O–H groups in total. The van der Waals surface area contributed by atoms with Crippen molar-refractivity contribution in [3.05, 3.63) is 116 Å². The Bertz CT molecular complexity index is 1680. The highest BCUT2D eigenvalue weighted by molar-refractivity contribution is 6.30. The van der Waals surface area contributed by atoms with Crippen molar-refractivity contribution in [2.75, 3.05) is 6.73 Å². The lowest BCUT2D eigenvalue weighted by molar-refractivity contribution is -0.763. The van der Waals surface area contributed by atoms with Gasteiger partial charge in [0, 0.05) is 18.5 Å². The molecule has 0 saturated carbocycles. The van der Waals surface area contributed by atoms with E-state index in [1.807, 2.05) is 47.0 Å². The smallest absolute Gasteiger partial charge is 0.410 e. The standard InChI is InChI=1S/C31H34ClN7O7/c1-2-3-11-28-35-29(32)27(18-40)37(28)17-21-12-14-23(15-13-21)25-9-4-5-10-26(25)30(33)36-38(34)20-44-31(41)46-24-8-6-7-22(16-24)19-45-39(42)43/h4-10,12-16,40H,2-3,11,17-20,34H2,1H3,(H2,33,36). The van der Waals surface area contributed by atoms with Gasteiger partial charge in [0.2, 0.25) is 0 Å². The second-order valence-corrected chi connectivity index (χ2v) is 10.4. The molecule has 0 amide bonds. The number of unbranched alkanes of at least 4 members (excludes halogenated alkanes) is 1. The molecule has 46 heavy (non-hydrogen) atoms. The van der Waals surface area contributed by atoms with Crippen LogP contribution in [0.1, 0.15) is 48.0 Å². The van der Waals surface area contributed by atoms with Crippen molar-refractivity contribution in [3.63, 3.8) is 0 Å². The molecule has 0 atom stereocenters. The predicted molar refractivity (Wildman–Crippen MR) is 170 cm³/mol. The number of nitrogens with zero attached hydrogens (tertiary/aromatic N) is 5. The van der Waals surface area contributed by atoms with Crippen molar-refractivity contribution in [1.29, 1.82) is 0 Å². The van der Waals surface area contributed by atoms with Crippen LogP contribution in [0, 0.1) is 10.1 Å². The number of rotatable bonds is 15. The highest BCUT2D eigenvalue weighted by atomic mass is 35.5. The molecule has 0 aliphatic heterocycles. The number of hydrogen-bond donors (Lipinski definition) is 3. The van der Waals surface area contributed by atoms with Gasteiger partial charge in [-0.2, -0.15) is 5.12 Å². The van der Waals surface area contributed by atoms with Crippen LogP contribution < -0.4 is 16.3 Å². The van der Waals surface area contributed by atoms with Gasteiger partial charge < -0.3 is 29.7 Å². The third-order valence-corrected chi connectivity index (χ3v) is 7.10. The van der Waals surface area contributed by atoms with Crippen molar-refractivity contribution in [3.8, 4) is 16.9 Å². The van der Waals surface area contributed by atoms with Gasteiger partial charge in [-0.3, -0.25) is 0 Å². The van der Waals surface area contributed by atoms with Crippen LogP contribution in [0.5, 0.6) is 5.75 Å². The summed E-state index contributed by atoms with van der Waals surface area (Å²) in [5, 5.41) is 24.7. The van der Waals surface area contributed by atoms with E-state index < -0.39 is 18.0 Å². The molecule has 0 unspecified atom stereocenters. The van der Waals surface area contributed by atoms with E-state index in [0.717, 1.165) is 46.9 Å². The summed E-state index contributed by atoms with van der Waals surface area (Å²) >= 11 is 6.30. The third-order valence-electron chi connectivity index (χ3n) is 6.80. The van der Waals surface area contributed by atoms with Gasteiger partial charge in [0.15, 0.2) is 17.7 Å². The molecule has 242 valence electrons. The maximum Gasteiger partial charge on any atom is 0.515 e. The van der Waals surface area contributed by atoms with E-state index in [9.17, 15) is 20.0 Å². The molecule has 0 radical (unpaired) electrons. The lowest BCUT2D eigenvalue weighted by atomic mass is 9.98. The van der Waals surface area contributed by atoms with Gasteiger partial charge in [0.1, 0.15) is 18.2 Å². The van der Waals surface area contributed by atoms with Crippen molar-refractivity contribution in [2.45, 2.75) is 45.9 Å². The first kappa shape index (κ1) is 33.7. The number of nitrogens with two attached hydrogens (primary N) is 2. The number of aryl methyl sites for hydroxylation is 1. The molecule has 0 fully saturated rings. The first-order chi connectivity index (χ1) is 22.2. The molecule has 4 aromatic rings. The molecule has 1 aromatic heterocycles. The van der Waals surface area contributed by atoms with Crippen LogP contribution in [-0.4, -0.2) is 43.6 Å². The minimum Gasteiger partial charge on any atom is -0.410 e. The summed E-state index contributed by atoms with van der Waals surface area (Å²) in [5.74, 6) is 6.93. The Morgan fingerprint density at radius 2 is 1.89 bits per heavy atom. The highest BCUT2D eigenvalue weighted by Gasteiger charge is 2.16. The molecular formula is C31H34ClN7O7. The summed E-state index contributed by atoms with van der Waals surface area (Å²) in [5.41, 5.74) is 10.6. The van der Waals surface area contributed by atoms with Crippen molar-refractivity contribution in [1.82, 2.24) is 14.7 Å². The Hall–Kier alpha value is -5.18. The van der Waals surface area contributed by atoms with Gasteiger partial charge >= 0.3 is 6.16 Å². The van der Waals surface area contributed by atoms with Gasteiger partial charge in [0.05, 0.1) is 12.3 Å². The zero-order valence-electron chi connectivity index (χ0n) is 25.0. The fourth-order valence-electron chi connectivity index (χ4n) is 4.59. The van der Waals surface area contributed by atoms with E-state index in [0.29, 0.717) is 28.5 Å². The van der Waals surface area contributed by atoms with E-state index >= 15 is 0 Å². The normalized spacial score (nSPS) is 11.3. The minimum atomic E-state index is -1.07. The topological polar surface area (TPSA) is 194 Å². The van der Waals surface area contributed by atoms with E-state index in [4.69, 9.17) is 32.7 Å². The summed E-state index contributed by atoms with van der Waals surface area (Å²) < 4.78 is 12.1. The van der Waals surface area contributed by atoms with E-state index in [1.165, 1.54) is 12.1 Å². The average molecular weight is 652 g/mol. The Kier molecular flexibility index (Phi) is 11.9. The van der Waals surface area contributed by atoms with Gasteiger partial charge in [0.25, 0.3) is 5.09 Å². The van der Waals surface area contributed by atoms with Gasteiger partial charge in [-0.05, 0) is 40.8 Å². The quantitative estimate of drug-likeness (QED) is 0.0234. The zero-order valence-corrected chi connectivity index (χ0v) is 25.8. The third kappa shape index (κ3) is 9.17. The van der Waals surface area contributed by atoms with Crippen molar-refractivity contribution >= 4 is 23.6 Å². The Balaban J connectivity index is 1.40. The fourth-order valence-corrected chi connectivity index (χ4v) is 4.85. The number of aromatic nitrogens is 2. The SMILES string of the molecule is CCCCc1nc(Cl)c(CO)n1Cc1ccc(-c2ccccc2/C(N)=N/N(N)COC(=O)Oc2cccc(CO[N+](=O)[O-])c2)cc1. The summed E-state index contributed by atoms with van der Waals surface area (Å²) in [4.78, 5) is 31.3. The van der Waals surface area contributed by atoms with Crippen LogP contribution in [0.4, 0.5) is 4.79 Å². The number of halogens is 1. The molecule has 1 heterocycles. The van der Waals surface area contributed by atoms with Crippen LogP contribution in [0.25, 0.3) is 11.1 Å². The number of benzene rings is 3. The minimum absolute atomic E-state index is 0.0823. The van der Waals surface area contributed by atoms with Crippen molar-refractivity contribution < 1.29 is 29.3 Å². The second-order valence-electron chi connectivity index (χ2n) is 10.1. The summed E-state index contributed by atoms with van der Waals surface area (Å²) in [7, 11) is 0. The number of imidazole rings is 1. The number of hydrazone groups is 1. The molecule has 0 aliphatic rings. The Morgan fingerprint density at radius 3 is 2.61 bits per heavy atom. The molecule has 0 bridgehead atoms. The number of carbonyl (C=O) groups excluding carboxylic acids is 1. The summed E-state index contributed by atoms with van der Waals surface area (Å²) in [6.45, 7) is 1.63. The molecular weight excluding hydrogens is 618 g/mol. The first-order valence-corrected chi connectivity index (χ1v) is 14.7. The molecule has 0 saturated heterocycles. The molecule has 15 heteroatoms. The van der Waals surface area contributed by atoms with Crippen LogP contribution in [0.3, 0.4) is 0 Å². The first-order valence-electron chi connectivity index (χ1n) is 14.3. The molecule has 14 nitrogen and oxygen atoms in total. The molecule has 4 rings (SSSR count). The number of amidine groups is 1. The summed E-state index contributed by atoms with van der Waals surface area (Å²) in [6, 6.07) is 21.2. The van der Waals surface area contributed by atoms with Crippen molar-refractivity contribution in [2.24, 2.45) is 16.7 Å². The lowest BCUT2D eigenvalue weighted by Crippen LogP contribution is -2.33. The Labute approximate surface area is 269 Å². The number of aliphatic hydroxyl groups is 1. The molecule has 0 aliphatic carbocycles. The lowest BCUT2D eigenvalue weighted by Gasteiger charge is -2.15. The van der Waals surface area contributed by atoms with Crippen LogP contribution >= 0.6 is 11.6 Å². The van der Waals surface area contributed by atoms with Crippen LogP contribution in [-0.2, 0) is 35.8 Å². The number of aliphatic hydroxyl groups excluding tert-OH is 1. The number of carbonyl (C=O) groups is 1. The average Bonchev–Trinajstić information content (AvgIpc) is 3.35. The largest absolute Gasteiger partial charge is 0.515 e. The maximum atomic E-state index is 12.2. The molecule has 0 spiro atoms. The highest BCUT2D eigenvalue weighted by Crippen LogP contribution is 2.26. The van der Waals surface area contributed by atoms with E-state index in [-0.39, 0.29) is 24.8 Å².